The Balaban J connectivity index is 1.60. The number of nitrogens with zero attached hydrogens (tertiary/aromatic N) is 1. The van der Waals surface area contributed by atoms with Gasteiger partial charge in [-0.05, 0) is 42.7 Å². The zero-order valence-corrected chi connectivity index (χ0v) is 13.9. The summed E-state index contributed by atoms with van der Waals surface area (Å²) in [5, 5.41) is 0. The highest BCUT2D eigenvalue weighted by atomic mass is 19.1. The van der Waals surface area contributed by atoms with Crippen molar-refractivity contribution in [3.05, 3.63) is 71.0 Å². The van der Waals surface area contributed by atoms with Crippen LogP contribution in [0, 0.1) is 5.82 Å². The number of Topliss-reactive ketones (excluding diaryl/α,β-unsaturated/α-hetero) is 1. The maximum Gasteiger partial charge on any atom is 0.159 e. The minimum absolute atomic E-state index is 0.0908. The number of rotatable bonds is 5. The second-order valence-corrected chi connectivity index (χ2v) is 6.32. The van der Waals surface area contributed by atoms with Crippen molar-refractivity contribution in [3.63, 3.8) is 0 Å². The lowest BCUT2D eigenvalue weighted by Crippen LogP contribution is -2.42. The molecule has 126 valence electrons. The van der Waals surface area contributed by atoms with Crippen LogP contribution in [-0.2, 0) is 17.7 Å². The van der Waals surface area contributed by atoms with Crippen molar-refractivity contribution in [1.29, 1.82) is 0 Å². The first kappa shape index (κ1) is 16.8. The van der Waals surface area contributed by atoms with Crippen molar-refractivity contribution in [2.45, 2.75) is 26.0 Å². The summed E-state index contributed by atoms with van der Waals surface area (Å²) in [6, 6.07) is 14.4. The predicted octanol–water partition coefficient (Wildman–Crippen LogP) is 3.47. The second kappa shape index (κ2) is 7.69. The number of carbonyl (C=O) groups is 1. The van der Waals surface area contributed by atoms with Gasteiger partial charge in [0.1, 0.15) is 5.82 Å². The monoisotopic (exact) mass is 327 g/mol. The number of carbonyl (C=O) groups excluding carboxylic acids is 1. The van der Waals surface area contributed by atoms with E-state index in [0.717, 1.165) is 42.7 Å². The lowest BCUT2D eigenvalue weighted by atomic mass is 10.0. The van der Waals surface area contributed by atoms with Gasteiger partial charge in [-0.2, -0.15) is 0 Å². The molecule has 0 spiro atoms. The molecule has 1 fully saturated rings. The van der Waals surface area contributed by atoms with Crippen LogP contribution < -0.4 is 0 Å². The second-order valence-electron chi connectivity index (χ2n) is 6.32. The summed E-state index contributed by atoms with van der Waals surface area (Å²) < 4.78 is 18.8. The molecular weight excluding hydrogens is 305 g/mol. The Bertz CT molecular complexity index is 699. The van der Waals surface area contributed by atoms with Crippen LogP contribution in [0.2, 0.25) is 0 Å². The molecule has 1 atom stereocenters. The molecule has 0 amide bonds. The van der Waals surface area contributed by atoms with E-state index in [2.05, 4.69) is 11.0 Å². The third kappa shape index (κ3) is 4.49. The van der Waals surface area contributed by atoms with E-state index >= 15 is 0 Å². The molecule has 1 heterocycles. The summed E-state index contributed by atoms with van der Waals surface area (Å²) in [4.78, 5) is 13.9. The third-order valence-electron chi connectivity index (χ3n) is 4.34. The standard InChI is InChI=1S/C20H22FNO2/c1-15(23)18-4-2-3-17(11-18)13-22-9-10-24-20(14-22)12-16-5-7-19(21)8-6-16/h2-8,11,20H,9-10,12-14H2,1H3. The Morgan fingerprint density at radius 1 is 1.21 bits per heavy atom. The molecule has 3 rings (SSSR count). The largest absolute Gasteiger partial charge is 0.375 e. The van der Waals surface area contributed by atoms with Crippen LogP contribution in [0.5, 0.6) is 0 Å². The highest BCUT2D eigenvalue weighted by molar-refractivity contribution is 5.94. The average molecular weight is 327 g/mol. The van der Waals surface area contributed by atoms with Crippen LogP contribution in [0.25, 0.3) is 0 Å². The summed E-state index contributed by atoms with van der Waals surface area (Å²) in [6.45, 7) is 4.81. The molecule has 2 aromatic rings. The van der Waals surface area contributed by atoms with Crippen molar-refractivity contribution in [2.75, 3.05) is 19.7 Å². The fraction of sp³-hybridized carbons (Fsp3) is 0.350. The van der Waals surface area contributed by atoms with Gasteiger partial charge in [-0.15, -0.1) is 0 Å². The van der Waals surface area contributed by atoms with Gasteiger partial charge in [0.25, 0.3) is 0 Å². The van der Waals surface area contributed by atoms with E-state index in [9.17, 15) is 9.18 Å². The number of ether oxygens (including phenoxy) is 1. The molecule has 1 unspecified atom stereocenters. The van der Waals surface area contributed by atoms with Gasteiger partial charge in [-0.1, -0.05) is 30.3 Å². The number of morpholine rings is 1. The molecule has 0 N–H and O–H groups in total. The fourth-order valence-corrected chi connectivity index (χ4v) is 3.08. The Hall–Kier alpha value is -2.04. The van der Waals surface area contributed by atoms with Crippen molar-refractivity contribution >= 4 is 5.78 Å². The van der Waals surface area contributed by atoms with Crippen molar-refractivity contribution in [1.82, 2.24) is 4.90 Å². The highest BCUT2D eigenvalue weighted by Gasteiger charge is 2.21. The maximum atomic E-state index is 13.0. The average Bonchev–Trinajstić information content (AvgIpc) is 2.57. The van der Waals surface area contributed by atoms with Gasteiger partial charge in [-0.3, -0.25) is 9.69 Å². The van der Waals surface area contributed by atoms with Gasteiger partial charge < -0.3 is 4.74 Å². The Kier molecular flexibility index (Phi) is 5.38. The van der Waals surface area contributed by atoms with Crippen molar-refractivity contribution in [2.24, 2.45) is 0 Å². The number of benzene rings is 2. The van der Waals surface area contributed by atoms with Gasteiger partial charge >= 0.3 is 0 Å². The summed E-state index contributed by atoms with van der Waals surface area (Å²) >= 11 is 0. The van der Waals surface area contributed by atoms with Gasteiger partial charge in [0.05, 0.1) is 12.7 Å². The molecule has 24 heavy (non-hydrogen) atoms. The number of halogens is 1. The van der Waals surface area contributed by atoms with Crippen LogP contribution in [0.1, 0.15) is 28.4 Å². The normalized spacial score (nSPS) is 18.5. The summed E-state index contributed by atoms with van der Waals surface area (Å²) in [7, 11) is 0. The molecular formula is C20H22FNO2. The van der Waals surface area contributed by atoms with Gasteiger partial charge in [-0.25, -0.2) is 4.39 Å². The van der Waals surface area contributed by atoms with Crippen LogP contribution in [0.4, 0.5) is 4.39 Å². The molecule has 0 bridgehead atoms. The molecule has 0 radical (unpaired) electrons. The fourth-order valence-electron chi connectivity index (χ4n) is 3.08. The first-order valence-corrected chi connectivity index (χ1v) is 8.28. The van der Waals surface area contributed by atoms with E-state index in [-0.39, 0.29) is 17.7 Å². The van der Waals surface area contributed by atoms with Crippen molar-refractivity contribution in [3.8, 4) is 0 Å². The Morgan fingerprint density at radius 3 is 2.75 bits per heavy atom. The third-order valence-corrected chi connectivity index (χ3v) is 4.34. The molecule has 1 aliphatic rings. The lowest BCUT2D eigenvalue weighted by molar-refractivity contribution is -0.0305. The minimum atomic E-state index is -0.213. The smallest absolute Gasteiger partial charge is 0.159 e. The van der Waals surface area contributed by atoms with E-state index < -0.39 is 0 Å². The van der Waals surface area contributed by atoms with Gasteiger partial charge in [0.15, 0.2) is 5.78 Å². The number of hydrogen-bond acceptors (Lipinski definition) is 3. The van der Waals surface area contributed by atoms with E-state index in [1.165, 1.54) is 12.1 Å². The SMILES string of the molecule is CC(=O)c1cccc(CN2CCOC(Cc3ccc(F)cc3)C2)c1. The van der Waals surface area contributed by atoms with E-state index in [1.807, 2.05) is 30.3 Å². The van der Waals surface area contributed by atoms with Crippen LogP contribution >= 0.6 is 0 Å². The minimum Gasteiger partial charge on any atom is -0.375 e. The van der Waals surface area contributed by atoms with Crippen LogP contribution in [0.15, 0.2) is 48.5 Å². The molecule has 0 aromatic heterocycles. The molecule has 0 aliphatic carbocycles. The zero-order chi connectivity index (χ0) is 16.9. The van der Waals surface area contributed by atoms with E-state index in [1.54, 1.807) is 6.92 Å². The zero-order valence-electron chi connectivity index (χ0n) is 13.9. The summed E-state index contributed by atoms with van der Waals surface area (Å²) in [6.07, 6.45) is 0.893. The Labute approximate surface area is 142 Å². The molecule has 4 heteroatoms. The summed E-state index contributed by atoms with van der Waals surface area (Å²) in [5.41, 5.74) is 2.98. The molecule has 1 saturated heterocycles. The van der Waals surface area contributed by atoms with Crippen molar-refractivity contribution < 1.29 is 13.9 Å². The summed E-state index contributed by atoms with van der Waals surface area (Å²) in [5.74, 6) is -0.122. The van der Waals surface area contributed by atoms with Crippen LogP contribution in [0.3, 0.4) is 0 Å². The first-order valence-electron chi connectivity index (χ1n) is 8.28. The topological polar surface area (TPSA) is 29.5 Å². The van der Waals surface area contributed by atoms with Crippen LogP contribution in [-0.4, -0.2) is 36.5 Å². The van der Waals surface area contributed by atoms with E-state index in [4.69, 9.17) is 4.74 Å². The molecule has 1 aliphatic heterocycles. The molecule has 3 nitrogen and oxygen atoms in total. The number of ketones is 1. The first-order chi connectivity index (χ1) is 11.6. The van der Waals surface area contributed by atoms with E-state index in [0.29, 0.717) is 6.61 Å². The number of hydrogen-bond donors (Lipinski definition) is 0. The molecule has 2 aromatic carbocycles. The maximum absolute atomic E-state index is 13.0. The van der Waals surface area contributed by atoms with Gasteiger partial charge in [0.2, 0.25) is 0 Å². The highest BCUT2D eigenvalue weighted by Crippen LogP contribution is 2.16. The van der Waals surface area contributed by atoms with Gasteiger partial charge in [0, 0.05) is 25.2 Å². The predicted molar refractivity (Wildman–Crippen MR) is 91.6 cm³/mol. The lowest BCUT2D eigenvalue weighted by Gasteiger charge is -2.33. The molecule has 0 saturated carbocycles. The quantitative estimate of drug-likeness (QED) is 0.788. The Morgan fingerprint density at radius 2 is 2.00 bits per heavy atom.